The van der Waals surface area contributed by atoms with Crippen LogP contribution in [0, 0.1) is 6.92 Å². The SMILES string of the molecule is CC(=O)N(C)c1ccc(Cl)c(CS(=O)c2cccn3c(Br)c(C)nc23)c1Cl. The molecule has 0 fully saturated rings. The summed E-state index contributed by atoms with van der Waals surface area (Å²) in [6, 6.07) is 6.92. The van der Waals surface area contributed by atoms with Crippen molar-refractivity contribution in [3.8, 4) is 0 Å². The molecular formula is C18H16BrCl2N3O2S. The lowest BCUT2D eigenvalue weighted by Gasteiger charge is -2.19. The molecule has 1 atom stereocenters. The predicted molar refractivity (Wildman–Crippen MR) is 113 cm³/mol. The zero-order valence-electron chi connectivity index (χ0n) is 14.8. The molecule has 0 spiro atoms. The highest BCUT2D eigenvalue weighted by atomic mass is 79.9. The number of halogens is 3. The molecule has 0 radical (unpaired) electrons. The molecule has 0 saturated heterocycles. The quantitative estimate of drug-likeness (QED) is 0.519. The fourth-order valence-corrected chi connectivity index (χ4v) is 5.12. The van der Waals surface area contributed by atoms with Crippen molar-refractivity contribution in [2.75, 3.05) is 11.9 Å². The summed E-state index contributed by atoms with van der Waals surface area (Å²) in [5, 5.41) is 0.725. The van der Waals surface area contributed by atoms with Crippen molar-refractivity contribution in [1.82, 2.24) is 9.38 Å². The normalized spacial score (nSPS) is 12.4. The van der Waals surface area contributed by atoms with Crippen molar-refractivity contribution >= 4 is 67.2 Å². The maximum Gasteiger partial charge on any atom is 0.223 e. The molecule has 2 aromatic heterocycles. The van der Waals surface area contributed by atoms with E-state index in [-0.39, 0.29) is 11.7 Å². The van der Waals surface area contributed by atoms with Gasteiger partial charge in [-0.2, -0.15) is 0 Å². The molecule has 0 aliphatic rings. The van der Waals surface area contributed by atoms with Crippen molar-refractivity contribution < 1.29 is 9.00 Å². The largest absolute Gasteiger partial charge is 0.314 e. The molecule has 2 heterocycles. The zero-order chi connectivity index (χ0) is 19.9. The van der Waals surface area contributed by atoms with Gasteiger partial charge in [-0.1, -0.05) is 23.2 Å². The number of hydrogen-bond acceptors (Lipinski definition) is 3. The number of rotatable bonds is 4. The van der Waals surface area contributed by atoms with Gasteiger partial charge in [-0.05, 0) is 47.1 Å². The minimum atomic E-state index is -1.43. The molecule has 0 N–H and O–H groups in total. The highest BCUT2D eigenvalue weighted by Crippen LogP contribution is 2.35. The molecule has 3 rings (SSSR count). The van der Waals surface area contributed by atoms with Gasteiger partial charge >= 0.3 is 0 Å². The van der Waals surface area contributed by atoms with Gasteiger partial charge in [-0.15, -0.1) is 0 Å². The molecule has 0 bridgehead atoms. The summed E-state index contributed by atoms with van der Waals surface area (Å²) >= 11 is 16.3. The smallest absolute Gasteiger partial charge is 0.223 e. The Morgan fingerprint density at radius 3 is 2.70 bits per heavy atom. The third-order valence-corrected chi connectivity index (χ3v) is 7.33. The third-order valence-electron chi connectivity index (χ3n) is 4.24. The number of carbonyl (C=O) groups excluding carboxylic acids is 1. The Bertz CT molecular complexity index is 1080. The first-order valence-corrected chi connectivity index (χ1v) is 10.8. The highest BCUT2D eigenvalue weighted by Gasteiger charge is 2.20. The molecule has 1 amide bonds. The number of anilines is 1. The Morgan fingerprint density at radius 1 is 1.33 bits per heavy atom. The molecule has 1 aromatic carbocycles. The van der Waals surface area contributed by atoms with E-state index in [1.165, 1.54) is 11.8 Å². The van der Waals surface area contributed by atoms with E-state index in [0.717, 1.165) is 10.3 Å². The summed E-state index contributed by atoms with van der Waals surface area (Å²) in [5.74, 6) is -0.0470. The number of amides is 1. The third kappa shape index (κ3) is 3.78. The molecule has 5 nitrogen and oxygen atoms in total. The van der Waals surface area contributed by atoms with Gasteiger partial charge in [0.2, 0.25) is 5.91 Å². The van der Waals surface area contributed by atoms with E-state index in [4.69, 9.17) is 23.2 Å². The Kier molecular flexibility index (Phi) is 5.96. The lowest BCUT2D eigenvalue weighted by Crippen LogP contribution is -2.23. The number of carbonyl (C=O) groups is 1. The second kappa shape index (κ2) is 7.91. The van der Waals surface area contributed by atoms with Gasteiger partial charge in [0.1, 0.15) is 4.60 Å². The average molecular weight is 489 g/mol. The van der Waals surface area contributed by atoms with Crippen LogP contribution in [0.2, 0.25) is 10.0 Å². The van der Waals surface area contributed by atoms with Crippen LogP contribution in [0.3, 0.4) is 0 Å². The number of fused-ring (bicyclic) bond motifs is 1. The highest BCUT2D eigenvalue weighted by molar-refractivity contribution is 9.10. The van der Waals surface area contributed by atoms with E-state index in [1.54, 1.807) is 25.2 Å². The number of benzene rings is 1. The van der Waals surface area contributed by atoms with Crippen molar-refractivity contribution in [1.29, 1.82) is 0 Å². The number of aromatic nitrogens is 2. The van der Waals surface area contributed by atoms with Crippen LogP contribution in [0.1, 0.15) is 18.2 Å². The van der Waals surface area contributed by atoms with Crippen LogP contribution in [0.4, 0.5) is 5.69 Å². The van der Waals surface area contributed by atoms with Gasteiger partial charge in [0, 0.05) is 30.8 Å². The standard InChI is InChI=1S/C18H16BrCl2N3O2S/c1-10-17(19)24-8-4-5-15(18(24)22-10)27(26)9-12-13(20)6-7-14(16(12)21)23(3)11(2)25/h4-8H,9H2,1-3H3. The van der Waals surface area contributed by atoms with Gasteiger partial charge in [0.15, 0.2) is 5.65 Å². The molecule has 27 heavy (non-hydrogen) atoms. The second-order valence-corrected chi connectivity index (χ2v) is 8.94. The Balaban J connectivity index is 2.04. The van der Waals surface area contributed by atoms with Gasteiger partial charge < -0.3 is 4.90 Å². The summed E-state index contributed by atoms with van der Waals surface area (Å²) < 4.78 is 15.8. The summed E-state index contributed by atoms with van der Waals surface area (Å²) in [5.41, 5.74) is 2.48. The molecule has 142 valence electrons. The average Bonchev–Trinajstić information content (AvgIpc) is 2.92. The minimum Gasteiger partial charge on any atom is -0.314 e. The first kappa shape index (κ1) is 20.3. The number of aryl methyl sites for hydroxylation is 1. The van der Waals surface area contributed by atoms with Crippen LogP contribution in [-0.2, 0) is 21.3 Å². The van der Waals surface area contributed by atoms with Crippen molar-refractivity contribution in [2.24, 2.45) is 0 Å². The monoisotopic (exact) mass is 487 g/mol. The molecule has 9 heteroatoms. The number of nitrogens with zero attached hydrogens (tertiary/aromatic N) is 3. The molecule has 0 aliphatic heterocycles. The van der Waals surface area contributed by atoms with E-state index >= 15 is 0 Å². The molecule has 3 aromatic rings. The summed E-state index contributed by atoms with van der Waals surface area (Å²) in [7, 11) is 0.196. The molecule has 0 aliphatic carbocycles. The Hall–Kier alpha value is -1.41. The zero-order valence-corrected chi connectivity index (χ0v) is 18.7. The van der Waals surface area contributed by atoms with Crippen LogP contribution in [0.5, 0.6) is 0 Å². The van der Waals surface area contributed by atoms with Crippen molar-refractivity contribution in [2.45, 2.75) is 24.5 Å². The van der Waals surface area contributed by atoms with Crippen LogP contribution in [-0.4, -0.2) is 26.5 Å². The summed E-state index contributed by atoms with van der Waals surface area (Å²) in [4.78, 5) is 18.2. The maximum absolute atomic E-state index is 13.1. The van der Waals surface area contributed by atoms with Crippen molar-refractivity contribution in [3.05, 3.63) is 56.4 Å². The van der Waals surface area contributed by atoms with Gasteiger partial charge in [-0.3, -0.25) is 13.4 Å². The van der Waals surface area contributed by atoms with Gasteiger partial charge in [-0.25, -0.2) is 4.98 Å². The van der Waals surface area contributed by atoms with E-state index < -0.39 is 10.8 Å². The van der Waals surface area contributed by atoms with Crippen LogP contribution < -0.4 is 4.90 Å². The summed E-state index contributed by atoms with van der Waals surface area (Å²) in [6.07, 6.45) is 1.85. The maximum atomic E-state index is 13.1. The minimum absolute atomic E-state index is 0.112. The molecule has 0 saturated carbocycles. The predicted octanol–water partition coefficient (Wildman–Crippen LogP) is 5.00. The first-order chi connectivity index (χ1) is 12.7. The summed E-state index contributed by atoms with van der Waals surface area (Å²) in [6.45, 7) is 3.32. The van der Waals surface area contributed by atoms with Gasteiger partial charge in [0.05, 0.1) is 37.9 Å². The molecule has 1 unspecified atom stereocenters. The van der Waals surface area contributed by atoms with Crippen LogP contribution in [0.25, 0.3) is 5.65 Å². The fourth-order valence-electron chi connectivity index (χ4n) is 2.66. The number of pyridine rings is 1. The first-order valence-electron chi connectivity index (χ1n) is 7.95. The second-order valence-electron chi connectivity index (χ2n) is 5.98. The number of imidazole rings is 1. The Labute approximate surface area is 177 Å². The lowest BCUT2D eigenvalue weighted by atomic mass is 10.2. The fraction of sp³-hybridized carbons (Fsp3) is 0.222. The van der Waals surface area contributed by atoms with Crippen LogP contribution in [0.15, 0.2) is 40.0 Å². The lowest BCUT2D eigenvalue weighted by molar-refractivity contribution is -0.116. The molecular weight excluding hydrogens is 473 g/mol. The van der Waals surface area contributed by atoms with E-state index in [9.17, 15) is 9.00 Å². The van der Waals surface area contributed by atoms with E-state index in [0.29, 0.717) is 31.8 Å². The number of hydrogen-bond donors (Lipinski definition) is 0. The van der Waals surface area contributed by atoms with Crippen molar-refractivity contribution in [3.63, 3.8) is 0 Å². The van der Waals surface area contributed by atoms with Gasteiger partial charge in [0.25, 0.3) is 0 Å². The Morgan fingerprint density at radius 2 is 2.04 bits per heavy atom. The topological polar surface area (TPSA) is 54.7 Å². The van der Waals surface area contributed by atoms with E-state index in [2.05, 4.69) is 20.9 Å². The van der Waals surface area contributed by atoms with E-state index in [1.807, 2.05) is 23.6 Å². The van der Waals surface area contributed by atoms with Crippen LogP contribution >= 0.6 is 39.1 Å².